The van der Waals surface area contributed by atoms with Crippen molar-refractivity contribution in [3.8, 4) is 0 Å². The summed E-state index contributed by atoms with van der Waals surface area (Å²) in [5.74, 6) is -1.06. The van der Waals surface area contributed by atoms with Crippen LogP contribution in [-0.2, 0) is 4.79 Å². The van der Waals surface area contributed by atoms with Gasteiger partial charge >= 0.3 is 12.0 Å². The lowest BCUT2D eigenvalue weighted by Crippen LogP contribution is -2.38. The Bertz CT molecular complexity index is 769. The molecule has 0 spiro atoms. The number of likely N-dealkylation sites (tertiary alicyclic amines) is 1. The third-order valence-electron chi connectivity index (χ3n) is 5.58. The van der Waals surface area contributed by atoms with Gasteiger partial charge in [0, 0.05) is 25.3 Å². The van der Waals surface area contributed by atoms with Crippen molar-refractivity contribution in [2.45, 2.75) is 32.6 Å². The number of rotatable bonds is 5. The lowest BCUT2D eigenvalue weighted by Gasteiger charge is -2.23. The molecule has 0 bridgehead atoms. The van der Waals surface area contributed by atoms with Crippen LogP contribution in [0.25, 0.3) is 0 Å². The lowest BCUT2D eigenvalue weighted by molar-refractivity contribution is -0.149. The molecule has 1 heterocycles. The van der Waals surface area contributed by atoms with Crippen LogP contribution in [0.5, 0.6) is 0 Å². The van der Waals surface area contributed by atoms with Gasteiger partial charge in [-0.25, -0.2) is 4.79 Å². The third kappa shape index (κ3) is 3.74. The minimum Gasteiger partial charge on any atom is -0.481 e. The van der Waals surface area contributed by atoms with Gasteiger partial charge in [-0.15, -0.1) is 0 Å². The topological polar surface area (TPSA) is 98.7 Å². The molecule has 0 aromatic heterocycles. The highest BCUT2D eigenvalue weighted by atomic mass is 35.5. The number of carbonyl (C=O) groups excluding carboxylic acids is 2. The molecule has 2 aliphatic rings. The van der Waals surface area contributed by atoms with Crippen molar-refractivity contribution in [1.82, 2.24) is 10.2 Å². The first kappa shape index (κ1) is 19.5. The maximum absolute atomic E-state index is 12.6. The first-order valence-corrected chi connectivity index (χ1v) is 9.62. The van der Waals surface area contributed by atoms with Crippen molar-refractivity contribution < 1.29 is 19.5 Å². The molecule has 1 aromatic carbocycles. The zero-order valence-corrected chi connectivity index (χ0v) is 16.0. The minimum absolute atomic E-state index is 0.00831. The van der Waals surface area contributed by atoms with E-state index in [1.165, 1.54) is 6.07 Å². The molecule has 27 heavy (non-hydrogen) atoms. The molecule has 146 valence electrons. The van der Waals surface area contributed by atoms with Gasteiger partial charge in [-0.1, -0.05) is 24.9 Å². The van der Waals surface area contributed by atoms with Crippen molar-refractivity contribution in [1.29, 1.82) is 0 Å². The minimum atomic E-state index is -0.814. The number of amides is 3. The Morgan fingerprint density at radius 3 is 2.78 bits per heavy atom. The van der Waals surface area contributed by atoms with Gasteiger partial charge in [0.1, 0.15) is 0 Å². The van der Waals surface area contributed by atoms with Crippen LogP contribution < -0.4 is 10.6 Å². The largest absolute Gasteiger partial charge is 0.481 e. The summed E-state index contributed by atoms with van der Waals surface area (Å²) in [6.07, 6.45) is 3.17. The second-order valence-electron chi connectivity index (χ2n) is 7.31. The molecule has 7 nitrogen and oxygen atoms in total. The fraction of sp³-hybridized carbons (Fsp3) is 0.526. The van der Waals surface area contributed by atoms with E-state index < -0.39 is 11.4 Å². The van der Waals surface area contributed by atoms with Crippen LogP contribution in [0, 0.1) is 11.3 Å². The number of anilines is 1. The number of halogens is 1. The molecular weight excluding hydrogens is 370 g/mol. The van der Waals surface area contributed by atoms with E-state index >= 15 is 0 Å². The average Bonchev–Trinajstić information content (AvgIpc) is 3.18. The van der Waals surface area contributed by atoms with E-state index in [1.54, 1.807) is 17.0 Å². The Morgan fingerprint density at radius 2 is 2.15 bits per heavy atom. The number of hydrogen-bond acceptors (Lipinski definition) is 3. The number of carboxylic acid groups (broad SMARTS) is 1. The number of fused-ring (bicyclic) bond motifs is 1. The summed E-state index contributed by atoms with van der Waals surface area (Å²) in [6, 6.07) is 4.38. The standard InChI is InChI=1S/C19H24ClN3O4/c1-2-8-21-16(24)14-6-5-13(9-15(14)20)22-18(27)23-10-12-4-3-7-19(12,11-23)17(25)26/h5-6,9,12H,2-4,7-8,10-11H2,1H3,(H,21,24)(H,22,27)(H,25,26)/t12-,19+/m0/s1. The fourth-order valence-corrected chi connectivity index (χ4v) is 4.37. The normalized spacial score (nSPS) is 23.8. The van der Waals surface area contributed by atoms with E-state index in [0.717, 1.165) is 19.3 Å². The molecular formula is C19H24ClN3O4. The Labute approximate surface area is 163 Å². The summed E-state index contributed by atoms with van der Waals surface area (Å²) in [5.41, 5.74) is 0.0121. The first-order chi connectivity index (χ1) is 12.9. The number of nitrogens with zero attached hydrogens (tertiary/aromatic N) is 1. The smallest absolute Gasteiger partial charge is 0.321 e. The molecule has 0 radical (unpaired) electrons. The van der Waals surface area contributed by atoms with Gasteiger partial charge in [-0.3, -0.25) is 9.59 Å². The molecule has 0 unspecified atom stereocenters. The number of nitrogens with one attached hydrogen (secondary N) is 2. The average molecular weight is 394 g/mol. The molecule has 2 fully saturated rings. The number of hydrogen-bond donors (Lipinski definition) is 3. The van der Waals surface area contributed by atoms with Crippen molar-refractivity contribution in [3.63, 3.8) is 0 Å². The van der Waals surface area contributed by atoms with Gasteiger partial charge in [0.15, 0.2) is 0 Å². The zero-order chi connectivity index (χ0) is 19.6. The monoisotopic (exact) mass is 393 g/mol. The van der Waals surface area contributed by atoms with E-state index in [2.05, 4.69) is 10.6 Å². The molecule has 1 aliphatic heterocycles. The summed E-state index contributed by atoms with van der Waals surface area (Å²) in [6.45, 7) is 3.20. The van der Waals surface area contributed by atoms with E-state index in [4.69, 9.17) is 11.6 Å². The predicted octanol–water partition coefficient (Wildman–Crippen LogP) is 3.20. The Morgan fingerprint density at radius 1 is 1.37 bits per heavy atom. The van der Waals surface area contributed by atoms with E-state index in [0.29, 0.717) is 30.8 Å². The molecule has 8 heteroatoms. The van der Waals surface area contributed by atoms with Gasteiger partial charge < -0.3 is 20.6 Å². The van der Waals surface area contributed by atoms with Crippen LogP contribution in [0.15, 0.2) is 18.2 Å². The fourth-order valence-electron chi connectivity index (χ4n) is 4.11. The first-order valence-electron chi connectivity index (χ1n) is 9.24. The van der Waals surface area contributed by atoms with Gasteiger partial charge in [-0.05, 0) is 43.4 Å². The SMILES string of the molecule is CCCNC(=O)c1ccc(NC(=O)N2C[C@@H]3CCC[C@@]3(C(=O)O)C2)cc1Cl. The predicted molar refractivity (Wildman–Crippen MR) is 102 cm³/mol. The summed E-state index contributed by atoms with van der Waals surface area (Å²) >= 11 is 6.18. The quantitative estimate of drug-likeness (QED) is 0.715. The number of urea groups is 1. The van der Waals surface area contributed by atoms with Crippen molar-refractivity contribution in [2.75, 3.05) is 25.0 Å². The van der Waals surface area contributed by atoms with E-state index in [9.17, 15) is 19.5 Å². The number of benzene rings is 1. The maximum atomic E-state index is 12.6. The molecule has 2 atom stereocenters. The molecule has 1 saturated heterocycles. The molecule has 1 aliphatic carbocycles. The maximum Gasteiger partial charge on any atom is 0.321 e. The number of carboxylic acids is 1. The molecule has 1 saturated carbocycles. The summed E-state index contributed by atoms with van der Waals surface area (Å²) in [5, 5.41) is 15.4. The number of aliphatic carboxylic acids is 1. The van der Waals surface area contributed by atoms with Gasteiger partial charge in [0.2, 0.25) is 0 Å². The van der Waals surface area contributed by atoms with Gasteiger partial charge in [0.25, 0.3) is 5.91 Å². The Balaban J connectivity index is 1.66. The van der Waals surface area contributed by atoms with Crippen LogP contribution in [0.3, 0.4) is 0 Å². The summed E-state index contributed by atoms with van der Waals surface area (Å²) in [4.78, 5) is 37.9. The number of carbonyl (C=O) groups is 3. The third-order valence-corrected chi connectivity index (χ3v) is 5.90. The van der Waals surface area contributed by atoms with Crippen molar-refractivity contribution in [3.05, 3.63) is 28.8 Å². The highest BCUT2D eigenvalue weighted by Crippen LogP contribution is 2.48. The highest BCUT2D eigenvalue weighted by molar-refractivity contribution is 6.34. The van der Waals surface area contributed by atoms with Crippen molar-refractivity contribution >= 4 is 35.2 Å². The van der Waals surface area contributed by atoms with Gasteiger partial charge in [-0.2, -0.15) is 0 Å². The highest BCUT2D eigenvalue weighted by Gasteiger charge is 2.55. The van der Waals surface area contributed by atoms with Gasteiger partial charge in [0.05, 0.1) is 16.0 Å². The molecule has 3 rings (SSSR count). The second-order valence-corrected chi connectivity index (χ2v) is 7.72. The Kier molecular flexibility index (Phi) is 5.60. The zero-order valence-electron chi connectivity index (χ0n) is 15.3. The molecule has 1 aromatic rings. The van der Waals surface area contributed by atoms with E-state index in [-0.39, 0.29) is 29.4 Å². The van der Waals surface area contributed by atoms with Crippen LogP contribution in [0.2, 0.25) is 5.02 Å². The summed E-state index contributed by atoms with van der Waals surface area (Å²) < 4.78 is 0. The summed E-state index contributed by atoms with van der Waals surface area (Å²) in [7, 11) is 0. The van der Waals surface area contributed by atoms with E-state index in [1.807, 2.05) is 6.92 Å². The molecule has 3 N–H and O–H groups in total. The second kappa shape index (κ2) is 7.76. The van der Waals surface area contributed by atoms with Crippen LogP contribution in [-0.4, -0.2) is 47.5 Å². The molecule has 3 amide bonds. The van der Waals surface area contributed by atoms with Crippen LogP contribution in [0.1, 0.15) is 43.0 Å². The Hall–Kier alpha value is -2.28. The lowest BCUT2D eigenvalue weighted by atomic mass is 9.81. The van der Waals surface area contributed by atoms with Crippen molar-refractivity contribution in [2.24, 2.45) is 11.3 Å². The van der Waals surface area contributed by atoms with Crippen LogP contribution in [0.4, 0.5) is 10.5 Å². The van der Waals surface area contributed by atoms with Crippen LogP contribution >= 0.6 is 11.6 Å².